The molecule has 2 N–H and O–H groups in total. The zero-order chi connectivity index (χ0) is 18.8. The summed E-state index contributed by atoms with van der Waals surface area (Å²) in [5, 5.41) is 15.7. The van der Waals surface area contributed by atoms with Gasteiger partial charge in [0.05, 0.1) is 18.0 Å². The number of rotatable bonds is 5. The summed E-state index contributed by atoms with van der Waals surface area (Å²) in [7, 11) is 0. The van der Waals surface area contributed by atoms with Crippen molar-refractivity contribution in [3.05, 3.63) is 17.0 Å². The van der Waals surface area contributed by atoms with E-state index in [2.05, 4.69) is 10.4 Å². The number of aromatic nitrogens is 2. The average molecular weight is 361 g/mol. The highest BCUT2D eigenvalue weighted by Gasteiger charge is 2.31. The molecule has 0 aliphatic heterocycles. The van der Waals surface area contributed by atoms with Gasteiger partial charge in [0.1, 0.15) is 6.54 Å². The van der Waals surface area contributed by atoms with Crippen LogP contribution >= 0.6 is 0 Å². The van der Waals surface area contributed by atoms with Gasteiger partial charge in [-0.15, -0.1) is 0 Å². The summed E-state index contributed by atoms with van der Waals surface area (Å²) in [6.45, 7) is 1.92. The first kappa shape index (κ1) is 19.3. The van der Waals surface area contributed by atoms with Gasteiger partial charge in [0.2, 0.25) is 5.91 Å². The minimum atomic E-state index is -4.37. The molecule has 0 spiro atoms. The van der Waals surface area contributed by atoms with Crippen LogP contribution in [-0.2, 0) is 22.6 Å². The van der Waals surface area contributed by atoms with Gasteiger partial charge in [-0.25, -0.2) is 0 Å². The molecule has 2 rings (SSSR count). The van der Waals surface area contributed by atoms with Crippen molar-refractivity contribution in [1.29, 1.82) is 0 Å². The minimum Gasteiger partial charge on any atom is -0.481 e. The predicted molar refractivity (Wildman–Crippen MR) is 83.0 cm³/mol. The lowest BCUT2D eigenvalue weighted by atomic mass is 9.86. The van der Waals surface area contributed by atoms with Crippen LogP contribution in [0.5, 0.6) is 0 Å². The van der Waals surface area contributed by atoms with Crippen LogP contribution in [0.15, 0.2) is 0 Å². The summed E-state index contributed by atoms with van der Waals surface area (Å²) in [5.74, 6) is -1.46. The summed E-state index contributed by atoms with van der Waals surface area (Å²) in [4.78, 5) is 23.1. The van der Waals surface area contributed by atoms with Gasteiger partial charge < -0.3 is 10.4 Å². The van der Waals surface area contributed by atoms with E-state index in [1.165, 1.54) is 6.92 Å². The number of carbonyl (C=O) groups excluding carboxylic acids is 1. The number of alkyl halides is 3. The Morgan fingerprint density at radius 1 is 1.24 bits per heavy atom. The van der Waals surface area contributed by atoms with Gasteiger partial charge in [-0.05, 0) is 39.5 Å². The number of aliphatic carboxylic acids is 1. The smallest absolute Gasteiger partial charge is 0.408 e. The van der Waals surface area contributed by atoms with Crippen molar-refractivity contribution in [3.8, 4) is 0 Å². The van der Waals surface area contributed by atoms with Crippen molar-refractivity contribution in [2.45, 2.75) is 64.7 Å². The molecule has 0 saturated heterocycles. The lowest BCUT2D eigenvalue weighted by molar-refractivity contribution is -0.143. The molecule has 0 atom stereocenters. The molecule has 1 aromatic rings. The number of hydrogen-bond acceptors (Lipinski definition) is 3. The van der Waals surface area contributed by atoms with Crippen LogP contribution in [-0.4, -0.2) is 39.0 Å². The van der Waals surface area contributed by atoms with E-state index < -0.39 is 18.7 Å². The molecule has 1 aliphatic rings. The minimum absolute atomic E-state index is 0.0334. The molecular weight excluding hydrogens is 339 g/mol. The Bertz CT molecular complexity index is 647. The standard InChI is InChI=1S/C16H22F3N3O3/c1-9-13(10(2)22(21-9)8-16(17,18)19)7-14(23)20-12-5-3-11(4-6-12)15(24)25/h11-12H,3-8H2,1-2H3,(H,20,23)(H,24,25). The predicted octanol–water partition coefficient (Wildman–Crippen LogP) is 2.36. The molecule has 140 valence electrons. The van der Waals surface area contributed by atoms with Crippen molar-refractivity contribution in [3.63, 3.8) is 0 Å². The fourth-order valence-electron chi connectivity index (χ4n) is 3.24. The SMILES string of the molecule is Cc1nn(CC(F)(F)F)c(C)c1CC(=O)NC1CCC(C(=O)O)CC1. The van der Waals surface area contributed by atoms with E-state index in [1.807, 2.05) is 0 Å². The zero-order valence-corrected chi connectivity index (χ0v) is 14.2. The second-order valence-corrected chi connectivity index (χ2v) is 6.55. The number of amides is 1. The molecular formula is C16H22F3N3O3. The molecule has 6 nitrogen and oxygen atoms in total. The molecule has 0 bridgehead atoms. The second-order valence-electron chi connectivity index (χ2n) is 6.55. The van der Waals surface area contributed by atoms with Crippen LogP contribution in [0.25, 0.3) is 0 Å². The van der Waals surface area contributed by atoms with E-state index in [0.717, 1.165) is 4.68 Å². The lowest BCUT2D eigenvalue weighted by Gasteiger charge is -2.26. The number of carbonyl (C=O) groups is 2. The number of nitrogens with one attached hydrogen (secondary N) is 1. The summed E-state index contributed by atoms with van der Waals surface area (Å²) < 4.78 is 38.5. The first-order chi connectivity index (χ1) is 11.6. The van der Waals surface area contributed by atoms with Gasteiger partial charge in [0, 0.05) is 17.3 Å². The largest absolute Gasteiger partial charge is 0.481 e. The fraction of sp³-hybridized carbons (Fsp3) is 0.688. The van der Waals surface area contributed by atoms with Crippen LogP contribution < -0.4 is 5.32 Å². The molecule has 0 unspecified atom stereocenters. The highest BCUT2D eigenvalue weighted by Crippen LogP contribution is 2.25. The molecule has 0 radical (unpaired) electrons. The summed E-state index contributed by atoms with van der Waals surface area (Å²) >= 11 is 0. The van der Waals surface area contributed by atoms with Gasteiger partial charge >= 0.3 is 12.1 Å². The molecule has 25 heavy (non-hydrogen) atoms. The van der Waals surface area contributed by atoms with Crippen LogP contribution in [0.2, 0.25) is 0 Å². The van der Waals surface area contributed by atoms with E-state index in [4.69, 9.17) is 5.11 Å². The van der Waals surface area contributed by atoms with Gasteiger partial charge in [0.15, 0.2) is 0 Å². The highest BCUT2D eigenvalue weighted by atomic mass is 19.4. The molecule has 1 heterocycles. The first-order valence-electron chi connectivity index (χ1n) is 8.18. The summed E-state index contributed by atoms with van der Waals surface area (Å²) in [6, 6.07) is -0.0890. The molecule has 1 amide bonds. The van der Waals surface area contributed by atoms with Crippen LogP contribution in [0.4, 0.5) is 13.2 Å². The Morgan fingerprint density at radius 3 is 2.36 bits per heavy atom. The van der Waals surface area contributed by atoms with Gasteiger partial charge in [-0.3, -0.25) is 14.3 Å². The van der Waals surface area contributed by atoms with Crippen LogP contribution in [0, 0.1) is 19.8 Å². The quantitative estimate of drug-likeness (QED) is 0.843. The third-order valence-electron chi connectivity index (χ3n) is 4.64. The Morgan fingerprint density at radius 2 is 1.84 bits per heavy atom. The van der Waals surface area contributed by atoms with Crippen LogP contribution in [0.1, 0.15) is 42.6 Å². The van der Waals surface area contributed by atoms with E-state index in [1.54, 1.807) is 6.92 Å². The third kappa shape index (κ3) is 5.20. The summed E-state index contributed by atoms with van der Waals surface area (Å²) in [6.07, 6.45) is -2.19. The van der Waals surface area contributed by atoms with Crippen molar-refractivity contribution in [2.75, 3.05) is 0 Å². The third-order valence-corrected chi connectivity index (χ3v) is 4.64. The molecule has 1 saturated carbocycles. The molecule has 1 fully saturated rings. The zero-order valence-electron chi connectivity index (χ0n) is 14.2. The van der Waals surface area contributed by atoms with Gasteiger partial charge in [0.25, 0.3) is 0 Å². The van der Waals surface area contributed by atoms with Gasteiger partial charge in [-0.1, -0.05) is 0 Å². The average Bonchev–Trinajstić information content (AvgIpc) is 2.73. The molecule has 1 aromatic heterocycles. The van der Waals surface area contributed by atoms with E-state index in [9.17, 15) is 22.8 Å². The first-order valence-corrected chi connectivity index (χ1v) is 8.18. The monoisotopic (exact) mass is 361 g/mol. The Hall–Kier alpha value is -2.06. The second kappa shape index (κ2) is 7.45. The molecule has 1 aliphatic carbocycles. The van der Waals surface area contributed by atoms with Crippen molar-refractivity contribution < 1.29 is 27.9 Å². The highest BCUT2D eigenvalue weighted by molar-refractivity contribution is 5.79. The van der Waals surface area contributed by atoms with E-state index >= 15 is 0 Å². The van der Waals surface area contributed by atoms with Crippen molar-refractivity contribution >= 4 is 11.9 Å². The number of hydrogen-bond donors (Lipinski definition) is 2. The van der Waals surface area contributed by atoms with Crippen molar-refractivity contribution in [1.82, 2.24) is 15.1 Å². The maximum Gasteiger partial charge on any atom is 0.408 e. The Balaban J connectivity index is 1.94. The van der Waals surface area contributed by atoms with E-state index in [0.29, 0.717) is 42.6 Å². The Kier molecular flexibility index (Phi) is 5.74. The molecule has 9 heteroatoms. The summed E-state index contributed by atoms with van der Waals surface area (Å²) in [5.41, 5.74) is 1.24. The topological polar surface area (TPSA) is 84.2 Å². The lowest BCUT2D eigenvalue weighted by Crippen LogP contribution is -2.39. The van der Waals surface area contributed by atoms with Gasteiger partial charge in [-0.2, -0.15) is 18.3 Å². The molecule has 0 aromatic carbocycles. The van der Waals surface area contributed by atoms with E-state index in [-0.39, 0.29) is 24.3 Å². The fourth-order valence-corrected chi connectivity index (χ4v) is 3.24. The number of aryl methyl sites for hydroxylation is 1. The normalized spacial score (nSPS) is 21.2. The number of carboxylic acid groups (broad SMARTS) is 1. The Labute approximate surface area is 143 Å². The maximum absolute atomic E-state index is 12.5. The number of halogens is 3. The maximum atomic E-state index is 12.5. The number of carboxylic acids is 1. The van der Waals surface area contributed by atoms with Crippen molar-refractivity contribution in [2.24, 2.45) is 5.92 Å². The van der Waals surface area contributed by atoms with Crippen LogP contribution in [0.3, 0.4) is 0 Å². The number of nitrogens with zero attached hydrogens (tertiary/aromatic N) is 2.